The van der Waals surface area contributed by atoms with Crippen molar-refractivity contribution in [1.29, 1.82) is 0 Å². The lowest BCUT2D eigenvalue weighted by atomic mass is 10.1. The molecule has 9 heteroatoms. The van der Waals surface area contributed by atoms with Crippen molar-refractivity contribution in [3.8, 4) is 0 Å². The first-order valence-corrected chi connectivity index (χ1v) is 13.0. The first-order valence-electron chi connectivity index (χ1n) is 10.8. The number of aryl methyl sites for hydroxylation is 1. The largest absolute Gasteiger partial charge is 0.352 e. The number of carbonyl (C=O) groups excluding carboxylic acids is 2. The van der Waals surface area contributed by atoms with E-state index in [0.29, 0.717) is 17.1 Å². The quantitative estimate of drug-likeness (QED) is 0.549. The number of hydrogen-bond donors (Lipinski definition) is 1. The fourth-order valence-electron chi connectivity index (χ4n) is 3.33. The summed E-state index contributed by atoms with van der Waals surface area (Å²) in [5.41, 5.74) is 2.10. The number of rotatable bonds is 10. The molecule has 2 rings (SSSR count). The van der Waals surface area contributed by atoms with Crippen molar-refractivity contribution in [3.63, 3.8) is 0 Å². The Morgan fingerprint density at radius 3 is 2.24 bits per heavy atom. The molecule has 7 nitrogen and oxygen atoms in total. The summed E-state index contributed by atoms with van der Waals surface area (Å²) in [6.45, 7) is 6.96. The van der Waals surface area contributed by atoms with E-state index in [-0.39, 0.29) is 18.5 Å². The van der Waals surface area contributed by atoms with Crippen LogP contribution in [-0.2, 0) is 26.0 Å². The van der Waals surface area contributed by atoms with Crippen LogP contribution < -0.4 is 9.62 Å². The predicted octanol–water partition coefficient (Wildman–Crippen LogP) is 3.40. The standard InChI is InChI=1S/C24H32ClN3O4S/c1-17(2)26-24(30)19(4)27(14-13-20-9-7-6-8-10-20)23(29)16-28(33(5,31)32)21-12-11-18(3)22(25)15-21/h6-12,15,17,19H,13-14,16H2,1-5H3,(H,26,30)/t19-/m1/s1. The Morgan fingerprint density at radius 2 is 1.70 bits per heavy atom. The molecule has 0 saturated heterocycles. The molecule has 33 heavy (non-hydrogen) atoms. The van der Waals surface area contributed by atoms with E-state index in [9.17, 15) is 18.0 Å². The molecule has 0 fully saturated rings. The molecule has 0 aliphatic heterocycles. The van der Waals surface area contributed by atoms with Gasteiger partial charge in [0.15, 0.2) is 0 Å². The molecule has 0 unspecified atom stereocenters. The van der Waals surface area contributed by atoms with E-state index in [4.69, 9.17) is 11.6 Å². The second-order valence-corrected chi connectivity index (χ2v) is 10.7. The van der Waals surface area contributed by atoms with Crippen LogP contribution in [0.1, 0.15) is 31.9 Å². The molecule has 0 saturated carbocycles. The van der Waals surface area contributed by atoms with Crippen molar-refractivity contribution >= 4 is 39.1 Å². The highest BCUT2D eigenvalue weighted by Gasteiger charge is 2.30. The van der Waals surface area contributed by atoms with Crippen molar-refractivity contribution in [1.82, 2.24) is 10.2 Å². The van der Waals surface area contributed by atoms with E-state index in [1.165, 1.54) is 11.0 Å². The van der Waals surface area contributed by atoms with Gasteiger partial charge in [0, 0.05) is 17.6 Å². The predicted molar refractivity (Wildman–Crippen MR) is 133 cm³/mol. The minimum atomic E-state index is -3.78. The second kappa shape index (κ2) is 11.5. The highest BCUT2D eigenvalue weighted by Crippen LogP contribution is 2.25. The summed E-state index contributed by atoms with van der Waals surface area (Å²) in [7, 11) is -3.78. The topological polar surface area (TPSA) is 86.8 Å². The molecule has 2 aromatic carbocycles. The van der Waals surface area contributed by atoms with Crippen molar-refractivity contribution in [2.45, 2.75) is 46.2 Å². The lowest BCUT2D eigenvalue weighted by Gasteiger charge is -2.32. The van der Waals surface area contributed by atoms with E-state index >= 15 is 0 Å². The summed E-state index contributed by atoms with van der Waals surface area (Å²) in [6, 6.07) is 13.6. The van der Waals surface area contributed by atoms with Crippen molar-refractivity contribution in [2.75, 3.05) is 23.7 Å². The van der Waals surface area contributed by atoms with Gasteiger partial charge in [-0.25, -0.2) is 8.42 Å². The number of anilines is 1. The van der Waals surface area contributed by atoms with Crippen LogP contribution in [0.4, 0.5) is 5.69 Å². The van der Waals surface area contributed by atoms with Crippen LogP contribution in [0.5, 0.6) is 0 Å². The van der Waals surface area contributed by atoms with Crippen molar-refractivity contribution < 1.29 is 18.0 Å². The van der Waals surface area contributed by atoms with Crippen LogP contribution in [0.3, 0.4) is 0 Å². The lowest BCUT2D eigenvalue weighted by molar-refractivity contribution is -0.139. The van der Waals surface area contributed by atoms with Crippen molar-refractivity contribution in [3.05, 3.63) is 64.7 Å². The summed E-state index contributed by atoms with van der Waals surface area (Å²) >= 11 is 6.20. The number of sulfonamides is 1. The monoisotopic (exact) mass is 493 g/mol. The lowest BCUT2D eigenvalue weighted by Crippen LogP contribution is -2.53. The third-order valence-electron chi connectivity index (χ3n) is 5.21. The van der Waals surface area contributed by atoms with Gasteiger partial charge in [-0.3, -0.25) is 13.9 Å². The van der Waals surface area contributed by atoms with Crippen LogP contribution in [0.15, 0.2) is 48.5 Å². The Morgan fingerprint density at radius 1 is 1.06 bits per heavy atom. The second-order valence-electron chi connectivity index (χ2n) is 8.37. The summed E-state index contributed by atoms with van der Waals surface area (Å²) in [5.74, 6) is -0.768. The number of amides is 2. The molecule has 0 spiro atoms. The van der Waals surface area contributed by atoms with Gasteiger partial charge in [0.05, 0.1) is 11.9 Å². The smallest absolute Gasteiger partial charge is 0.244 e. The summed E-state index contributed by atoms with van der Waals surface area (Å²) in [4.78, 5) is 27.5. The Balaban J connectivity index is 2.33. The van der Waals surface area contributed by atoms with E-state index in [1.807, 2.05) is 51.1 Å². The summed E-state index contributed by atoms with van der Waals surface area (Å²) in [5, 5.41) is 3.22. The van der Waals surface area contributed by atoms with Crippen LogP contribution in [0.25, 0.3) is 0 Å². The minimum absolute atomic E-state index is 0.0896. The first-order chi connectivity index (χ1) is 15.4. The highest BCUT2D eigenvalue weighted by molar-refractivity contribution is 7.92. The molecule has 2 aromatic rings. The molecule has 0 aromatic heterocycles. The Labute approximate surface area is 201 Å². The SMILES string of the molecule is Cc1ccc(N(CC(=O)N(CCc2ccccc2)[C@H](C)C(=O)NC(C)C)S(C)(=O)=O)cc1Cl. The van der Waals surface area contributed by atoms with E-state index < -0.39 is 28.5 Å². The Hall–Kier alpha value is -2.58. The number of carbonyl (C=O) groups is 2. The first kappa shape index (κ1) is 26.7. The van der Waals surface area contributed by atoms with Gasteiger partial charge in [0.25, 0.3) is 0 Å². The molecule has 1 atom stereocenters. The van der Waals surface area contributed by atoms with Crippen LogP contribution in [0, 0.1) is 6.92 Å². The summed E-state index contributed by atoms with van der Waals surface area (Å²) in [6.07, 6.45) is 1.57. The number of benzene rings is 2. The number of nitrogens with zero attached hydrogens (tertiary/aromatic N) is 2. The number of hydrogen-bond acceptors (Lipinski definition) is 4. The molecule has 180 valence electrons. The maximum Gasteiger partial charge on any atom is 0.244 e. The fraction of sp³-hybridized carbons (Fsp3) is 0.417. The van der Waals surface area contributed by atoms with Gasteiger partial charge in [0.2, 0.25) is 21.8 Å². The van der Waals surface area contributed by atoms with Gasteiger partial charge in [-0.15, -0.1) is 0 Å². The highest BCUT2D eigenvalue weighted by atomic mass is 35.5. The molecular formula is C24H32ClN3O4S. The minimum Gasteiger partial charge on any atom is -0.352 e. The van der Waals surface area contributed by atoms with Gasteiger partial charge in [-0.05, 0) is 57.4 Å². The number of halogens is 1. The molecule has 0 radical (unpaired) electrons. The Kier molecular flexibility index (Phi) is 9.31. The average Bonchev–Trinajstić information content (AvgIpc) is 2.73. The maximum atomic E-state index is 13.4. The third kappa shape index (κ3) is 7.75. The van der Waals surface area contributed by atoms with Gasteiger partial charge >= 0.3 is 0 Å². The number of nitrogens with one attached hydrogen (secondary N) is 1. The van der Waals surface area contributed by atoms with Crippen LogP contribution in [0.2, 0.25) is 5.02 Å². The normalized spacial score (nSPS) is 12.3. The van der Waals surface area contributed by atoms with Gasteiger partial charge < -0.3 is 10.2 Å². The molecule has 0 heterocycles. The molecule has 0 aliphatic rings. The van der Waals surface area contributed by atoms with Crippen molar-refractivity contribution in [2.24, 2.45) is 0 Å². The Bertz CT molecular complexity index is 1070. The van der Waals surface area contributed by atoms with E-state index in [0.717, 1.165) is 21.7 Å². The molecule has 1 N–H and O–H groups in total. The van der Waals surface area contributed by atoms with Gasteiger partial charge in [-0.1, -0.05) is 48.0 Å². The zero-order valence-corrected chi connectivity index (χ0v) is 21.3. The zero-order valence-electron chi connectivity index (χ0n) is 19.7. The molecule has 0 aliphatic carbocycles. The maximum absolute atomic E-state index is 13.4. The van der Waals surface area contributed by atoms with E-state index in [2.05, 4.69) is 5.32 Å². The van der Waals surface area contributed by atoms with Crippen LogP contribution >= 0.6 is 11.6 Å². The molecule has 0 bridgehead atoms. The molecule has 2 amide bonds. The molecular weight excluding hydrogens is 462 g/mol. The fourth-order valence-corrected chi connectivity index (χ4v) is 4.34. The average molecular weight is 494 g/mol. The summed E-state index contributed by atoms with van der Waals surface area (Å²) < 4.78 is 26.1. The zero-order chi connectivity index (χ0) is 24.8. The van der Waals surface area contributed by atoms with E-state index in [1.54, 1.807) is 19.1 Å². The van der Waals surface area contributed by atoms with Gasteiger partial charge in [0.1, 0.15) is 12.6 Å². The third-order valence-corrected chi connectivity index (χ3v) is 6.75. The van der Waals surface area contributed by atoms with Gasteiger partial charge in [-0.2, -0.15) is 0 Å². The van der Waals surface area contributed by atoms with Crippen LogP contribution in [-0.4, -0.2) is 56.6 Å².